The molecule has 0 aliphatic heterocycles. The summed E-state index contributed by atoms with van der Waals surface area (Å²) >= 11 is 0. The Labute approximate surface area is 126 Å². The first-order chi connectivity index (χ1) is 10.1. The number of aromatic nitrogens is 1. The molecule has 0 fully saturated rings. The first-order valence-corrected chi connectivity index (χ1v) is 7.51. The van der Waals surface area contributed by atoms with Crippen LogP contribution in [0.5, 0.6) is 0 Å². The van der Waals surface area contributed by atoms with Gasteiger partial charge < -0.3 is 9.88 Å². The first kappa shape index (κ1) is 15.5. The number of nitrogens with zero attached hydrogens (tertiary/aromatic N) is 1. The van der Waals surface area contributed by atoms with Gasteiger partial charge >= 0.3 is 0 Å². The van der Waals surface area contributed by atoms with Crippen LogP contribution < -0.4 is 10.9 Å². The average Bonchev–Trinajstić information content (AvgIpc) is 2.48. The van der Waals surface area contributed by atoms with Crippen molar-refractivity contribution in [2.45, 2.75) is 38.8 Å². The fraction of sp³-hybridized carbons (Fsp3) is 0.389. The van der Waals surface area contributed by atoms with Gasteiger partial charge in [-0.1, -0.05) is 36.4 Å². The predicted octanol–water partition coefficient (Wildman–Crippen LogP) is 2.85. The van der Waals surface area contributed by atoms with Crippen molar-refractivity contribution in [3.05, 3.63) is 70.6 Å². The van der Waals surface area contributed by atoms with Crippen LogP contribution in [0.15, 0.2) is 59.5 Å². The van der Waals surface area contributed by atoms with Crippen LogP contribution in [0.2, 0.25) is 0 Å². The molecule has 1 aromatic heterocycles. The van der Waals surface area contributed by atoms with Gasteiger partial charge in [0.1, 0.15) is 0 Å². The maximum absolute atomic E-state index is 11.6. The molecule has 2 aromatic rings. The zero-order valence-corrected chi connectivity index (χ0v) is 12.9. The molecule has 1 aromatic carbocycles. The topological polar surface area (TPSA) is 34.0 Å². The Hall–Kier alpha value is -1.87. The third kappa shape index (κ3) is 5.20. The van der Waals surface area contributed by atoms with E-state index in [0.717, 1.165) is 19.4 Å². The molecule has 21 heavy (non-hydrogen) atoms. The van der Waals surface area contributed by atoms with Gasteiger partial charge in [0.2, 0.25) is 0 Å². The van der Waals surface area contributed by atoms with E-state index in [0.29, 0.717) is 6.54 Å². The largest absolute Gasteiger partial charge is 0.314 e. The maximum Gasteiger partial charge on any atom is 0.250 e. The van der Waals surface area contributed by atoms with Crippen LogP contribution in [0.3, 0.4) is 0 Å². The molecule has 0 spiro atoms. The highest BCUT2D eigenvalue weighted by atomic mass is 16.1. The molecule has 0 saturated heterocycles. The van der Waals surface area contributed by atoms with E-state index >= 15 is 0 Å². The third-order valence-electron chi connectivity index (χ3n) is 3.74. The Kier molecular flexibility index (Phi) is 5.34. The summed E-state index contributed by atoms with van der Waals surface area (Å²) in [6.45, 7) is 5.92. The summed E-state index contributed by atoms with van der Waals surface area (Å²) in [6.07, 6.45) is 3.97. The molecule has 1 heterocycles. The summed E-state index contributed by atoms with van der Waals surface area (Å²) in [5.41, 5.74) is 1.49. The van der Waals surface area contributed by atoms with E-state index in [2.05, 4.69) is 43.4 Å². The summed E-state index contributed by atoms with van der Waals surface area (Å²) in [6, 6.07) is 15.8. The predicted molar refractivity (Wildman–Crippen MR) is 87.5 cm³/mol. The minimum absolute atomic E-state index is 0.0568. The van der Waals surface area contributed by atoms with Gasteiger partial charge in [-0.25, -0.2) is 0 Å². The Balaban J connectivity index is 1.79. The van der Waals surface area contributed by atoms with Gasteiger partial charge in [0, 0.05) is 30.9 Å². The van der Waals surface area contributed by atoms with E-state index in [-0.39, 0.29) is 11.1 Å². The molecule has 0 bridgehead atoms. The Bertz CT molecular complexity index is 602. The van der Waals surface area contributed by atoms with Crippen LogP contribution >= 0.6 is 0 Å². The first-order valence-electron chi connectivity index (χ1n) is 7.51. The second-order valence-corrected chi connectivity index (χ2v) is 6.03. The Morgan fingerprint density at radius 1 is 1.05 bits per heavy atom. The Morgan fingerprint density at radius 3 is 2.48 bits per heavy atom. The fourth-order valence-corrected chi connectivity index (χ4v) is 2.35. The molecule has 2 rings (SSSR count). The molecule has 0 atom stereocenters. The molecular weight excluding hydrogens is 260 g/mol. The minimum atomic E-state index is 0.0568. The molecule has 0 unspecified atom stereocenters. The monoisotopic (exact) mass is 284 g/mol. The van der Waals surface area contributed by atoms with Crippen molar-refractivity contribution in [2.24, 2.45) is 0 Å². The summed E-state index contributed by atoms with van der Waals surface area (Å²) in [5.74, 6) is 0. The number of rotatable bonds is 7. The molecule has 3 nitrogen and oxygen atoms in total. The molecule has 0 aliphatic rings. The average molecular weight is 284 g/mol. The highest BCUT2D eigenvalue weighted by Crippen LogP contribution is 2.13. The zero-order valence-electron chi connectivity index (χ0n) is 12.9. The van der Waals surface area contributed by atoms with E-state index in [1.165, 1.54) is 5.56 Å². The second-order valence-electron chi connectivity index (χ2n) is 6.03. The van der Waals surface area contributed by atoms with Crippen molar-refractivity contribution in [1.29, 1.82) is 0 Å². The summed E-state index contributed by atoms with van der Waals surface area (Å²) in [5, 5.41) is 3.55. The van der Waals surface area contributed by atoms with Crippen molar-refractivity contribution in [3.8, 4) is 0 Å². The van der Waals surface area contributed by atoms with E-state index in [1.54, 1.807) is 16.7 Å². The number of aryl methyl sites for hydroxylation is 1. The van der Waals surface area contributed by atoms with Crippen molar-refractivity contribution >= 4 is 0 Å². The second kappa shape index (κ2) is 7.23. The van der Waals surface area contributed by atoms with E-state index in [9.17, 15) is 4.79 Å². The van der Waals surface area contributed by atoms with Gasteiger partial charge in [0.15, 0.2) is 0 Å². The lowest BCUT2D eigenvalue weighted by atomic mass is 9.95. The molecule has 3 heteroatoms. The van der Waals surface area contributed by atoms with E-state index in [4.69, 9.17) is 0 Å². The number of pyridine rings is 1. The van der Waals surface area contributed by atoms with Crippen molar-refractivity contribution in [3.63, 3.8) is 0 Å². The molecule has 0 amide bonds. The van der Waals surface area contributed by atoms with Crippen molar-refractivity contribution in [1.82, 2.24) is 9.88 Å². The number of benzene rings is 1. The van der Waals surface area contributed by atoms with Gasteiger partial charge in [-0.2, -0.15) is 0 Å². The maximum atomic E-state index is 11.6. The van der Waals surface area contributed by atoms with Crippen LogP contribution in [-0.2, 0) is 13.0 Å². The smallest absolute Gasteiger partial charge is 0.250 e. The van der Waals surface area contributed by atoms with Crippen LogP contribution in [0, 0.1) is 0 Å². The number of hydrogen-bond donors (Lipinski definition) is 1. The lowest BCUT2D eigenvalue weighted by Crippen LogP contribution is -2.42. The van der Waals surface area contributed by atoms with Gasteiger partial charge in [0.05, 0.1) is 0 Å². The molecule has 0 saturated carbocycles. The van der Waals surface area contributed by atoms with Gasteiger partial charge in [-0.15, -0.1) is 0 Å². The number of hydrogen-bond acceptors (Lipinski definition) is 2. The van der Waals surface area contributed by atoms with E-state index in [1.807, 2.05) is 18.3 Å². The van der Waals surface area contributed by atoms with Gasteiger partial charge in [0.25, 0.3) is 5.56 Å². The zero-order chi connectivity index (χ0) is 15.1. The minimum Gasteiger partial charge on any atom is -0.314 e. The molecule has 112 valence electrons. The standard InChI is InChI=1S/C18H24N2O/c1-18(2,12-11-16-8-4-3-5-9-16)19-13-15-20-14-7-6-10-17(20)21/h3-10,14,19H,11-13,15H2,1-2H3. The lowest BCUT2D eigenvalue weighted by Gasteiger charge is -2.26. The van der Waals surface area contributed by atoms with Crippen LogP contribution in [0.25, 0.3) is 0 Å². The molecule has 1 N–H and O–H groups in total. The summed E-state index contributed by atoms with van der Waals surface area (Å²) in [4.78, 5) is 11.6. The highest BCUT2D eigenvalue weighted by molar-refractivity contribution is 5.15. The summed E-state index contributed by atoms with van der Waals surface area (Å²) < 4.78 is 1.74. The molecule has 0 radical (unpaired) electrons. The quantitative estimate of drug-likeness (QED) is 0.848. The fourth-order valence-electron chi connectivity index (χ4n) is 2.35. The Morgan fingerprint density at radius 2 is 1.76 bits per heavy atom. The van der Waals surface area contributed by atoms with Crippen LogP contribution in [-0.4, -0.2) is 16.7 Å². The van der Waals surface area contributed by atoms with Gasteiger partial charge in [-0.3, -0.25) is 4.79 Å². The highest BCUT2D eigenvalue weighted by Gasteiger charge is 2.16. The number of nitrogens with one attached hydrogen (secondary N) is 1. The molecule has 0 aliphatic carbocycles. The van der Waals surface area contributed by atoms with E-state index < -0.39 is 0 Å². The normalized spacial score (nSPS) is 11.5. The third-order valence-corrected chi connectivity index (χ3v) is 3.74. The summed E-state index contributed by atoms with van der Waals surface area (Å²) in [7, 11) is 0. The SMILES string of the molecule is CC(C)(CCc1ccccc1)NCCn1ccccc1=O. The van der Waals surface area contributed by atoms with Crippen LogP contribution in [0.1, 0.15) is 25.8 Å². The van der Waals surface area contributed by atoms with Crippen molar-refractivity contribution < 1.29 is 0 Å². The van der Waals surface area contributed by atoms with Crippen molar-refractivity contribution in [2.75, 3.05) is 6.54 Å². The molecular formula is C18H24N2O. The van der Waals surface area contributed by atoms with Gasteiger partial charge in [-0.05, 0) is 38.3 Å². The van der Waals surface area contributed by atoms with Crippen LogP contribution in [0.4, 0.5) is 0 Å². The lowest BCUT2D eigenvalue weighted by molar-refractivity contribution is 0.354.